The van der Waals surface area contributed by atoms with E-state index in [0.29, 0.717) is 30.8 Å². The van der Waals surface area contributed by atoms with Gasteiger partial charge in [-0.1, -0.05) is 22.4 Å². The van der Waals surface area contributed by atoms with Crippen molar-refractivity contribution >= 4 is 25.8 Å². The minimum Gasteiger partial charge on any atom is -0.493 e. The number of halogens is 1. The number of rotatable bonds is 4. The fraction of sp³-hybridized carbons (Fsp3) is 0.571. The van der Waals surface area contributed by atoms with Gasteiger partial charge in [0.15, 0.2) is 9.84 Å². The summed E-state index contributed by atoms with van der Waals surface area (Å²) in [5.41, 5.74) is 0.539. The fourth-order valence-corrected chi connectivity index (χ4v) is 4.92. The lowest BCUT2D eigenvalue weighted by Crippen LogP contribution is -2.34. The third-order valence-corrected chi connectivity index (χ3v) is 6.34. The second-order valence-electron chi connectivity index (χ2n) is 4.96. The third-order valence-electron chi connectivity index (χ3n) is 3.57. The first kappa shape index (κ1) is 15.8. The second-order valence-corrected chi connectivity index (χ2v) is 8.22. The van der Waals surface area contributed by atoms with Crippen molar-refractivity contribution in [1.82, 2.24) is 0 Å². The highest BCUT2D eigenvalue weighted by atomic mass is 79.9. The molecule has 2 atom stereocenters. The van der Waals surface area contributed by atoms with E-state index >= 15 is 0 Å². The number of sulfone groups is 1. The van der Waals surface area contributed by atoms with Crippen LogP contribution < -0.4 is 4.74 Å². The molecule has 0 amide bonds. The van der Waals surface area contributed by atoms with Crippen LogP contribution in [0.1, 0.15) is 37.9 Å². The van der Waals surface area contributed by atoms with Crippen LogP contribution in [0.2, 0.25) is 0 Å². The van der Waals surface area contributed by atoms with Gasteiger partial charge < -0.3 is 9.84 Å². The quantitative estimate of drug-likeness (QED) is 0.894. The van der Waals surface area contributed by atoms with Crippen molar-refractivity contribution in [3.05, 3.63) is 28.2 Å². The van der Waals surface area contributed by atoms with Gasteiger partial charge in [-0.3, -0.25) is 0 Å². The molecule has 1 aliphatic heterocycles. The molecule has 1 heterocycles. The Morgan fingerprint density at radius 1 is 1.45 bits per heavy atom. The van der Waals surface area contributed by atoms with Gasteiger partial charge >= 0.3 is 0 Å². The summed E-state index contributed by atoms with van der Waals surface area (Å²) in [6.07, 6.45) is 0.974. The van der Waals surface area contributed by atoms with E-state index in [4.69, 9.17) is 4.74 Å². The Morgan fingerprint density at radius 2 is 2.20 bits per heavy atom. The van der Waals surface area contributed by atoms with Crippen LogP contribution in [-0.2, 0) is 9.84 Å². The summed E-state index contributed by atoms with van der Waals surface area (Å²) in [6, 6.07) is 5.30. The van der Waals surface area contributed by atoms with Crippen molar-refractivity contribution in [1.29, 1.82) is 0 Å². The van der Waals surface area contributed by atoms with E-state index in [1.165, 1.54) is 0 Å². The van der Waals surface area contributed by atoms with E-state index in [-0.39, 0.29) is 5.75 Å². The SMILES string of the molecule is CCOc1ccc(Br)cc1C(O)C1CCCCS1(=O)=O. The molecule has 1 N–H and O–H groups in total. The van der Waals surface area contributed by atoms with Gasteiger partial charge in [0.1, 0.15) is 5.75 Å². The Bertz CT molecular complexity index is 571. The maximum atomic E-state index is 12.1. The molecule has 0 bridgehead atoms. The predicted molar refractivity (Wildman–Crippen MR) is 81.7 cm³/mol. The number of aliphatic hydroxyl groups is 1. The zero-order chi connectivity index (χ0) is 14.8. The zero-order valence-corrected chi connectivity index (χ0v) is 13.8. The summed E-state index contributed by atoms with van der Waals surface area (Å²) in [6.45, 7) is 2.33. The predicted octanol–water partition coefficient (Wildman–Crippen LogP) is 2.85. The molecule has 1 aromatic rings. The molecule has 2 unspecified atom stereocenters. The molecule has 112 valence electrons. The molecule has 1 aliphatic rings. The van der Waals surface area contributed by atoms with Gasteiger partial charge in [0, 0.05) is 10.0 Å². The second kappa shape index (κ2) is 6.45. The number of hydrogen-bond acceptors (Lipinski definition) is 4. The van der Waals surface area contributed by atoms with Crippen molar-refractivity contribution < 1.29 is 18.3 Å². The molecule has 0 saturated carbocycles. The molecule has 0 aliphatic carbocycles. The monoisotopic (exact) mass is 362 g/mol. The molecular weight excluding hydrogens is 344 g/mol. The normalized spacial score (nSPS) is 23.2. The maximum absolute atomic E-state index is 12.1. The van der Waals surface area contributed by atoms with Crippen LogP contribution in [0, 0.1) is 0 Å². The first-order chi connectivity index (χ1) is 9.45. The molecule has 6 heteroatoms. The topological polar surface area (TPSA) is 63.6 Å². The van der Waals surface area contributed by atoms with E-state index in [2.05, 4.69) is 15.9 Å². The van der Waals surface area contributed by atoms with Gasteiger partial charge in [-0.15, -0.1) is 0 Å². The molecule has 1 aromatic carbocycles. The summed E-state index contributed by atoms with van der Waals surface area (Å²) in [4.78, 5) is 0. The van der Waals surface area contributed by atoms with Crippen LogP contribution in [0.5, 0.6) is 5.75 Å². The first-order valence-electron chi connectivity index (χ1n) is 6.77. The van der Waals surface area contributed by atoms with E-state index in [1.54, 1.807) is 12.1 Å². The molecule has 0 spiro atoms. The smallest absolute Gasteiger partial charge is 0.156 e. The maximum Gasteiger partial charge on any atom is 0.156 e. The minimum atomic E-state index is -3.24. The molecule has 1 fully saturated rings. The highest BCUT2D eigenvalue weighted by Gasteiger charge is 2.36. The van der Waals surface area contributed by atoms with Gasteiger partial charge in [0.2, 0.25) is 0 Å². The van der Waals surface area contributed by atoms with Crippen LogP contribution in [0.25, 0.3) is 0 Å². The van der Waals surface area contributed by atoms with Gasteiger partial charge in [-0.05, 0) is 38.0 Å². The molecule has 20 heavy (non-hydrogen) atoms. The van der Waals surface area contributed by atoms with Crippen molar-refractivity contribution in [2.24, 2.45) is 0 Å². The van der Waals surface area contributed by atoms with E-state index < -0.39 is 21.2 Å². The van der Waals surface area contributed by atoms with Crippen LogP contribution >= 0.6 is 15.9 Å². The summed E-state index contributed by atoms with van der Waals surface area (Å²) < 4.78 is 30.6. The third kappa shape index (κ3) is 3.35. The lowest BCUT2D eigenvalue weighted by atomic mass is 10.0. The molecule has 2 rings (SSSR count). The lowest BCUT2D eigenvalue weighted by Gasteiger charge is -2.28. The van der Waals surface area contributed by atoms with Gasteiger partial charge in [0.05, 0.1) is 23.7 Å². The van der Waals surface area contributed by atoms with Crippen molar-refractivity contribution in [3.8, 4) is 5.75 Å². The van der Waals surface area contributed by atoms with Crippen molar-refractivity contribution in [3.63, 3.8) is 0 Å². The lowest BCUT2D eigenvalue weighted by molar-refractivity contribution is 0.159. The number of aliphatic hydroxyl groups excluding tert-OH is 1. The fourth-order valence-electron chi connectivity index (χ4n) is 2.57. The summed E-state index contributed by atoms with van der Waals surface area (Å²) >= 11 is 3.35. The van der Waals surface area contributed by atoms with Crippen LogP contribution in [0.3, 0.4) is 0 Å². The largest absolute Gasteiger partial charge is 0.493 e. The van der Waals surface area contributed by atoms with E-state index in [1.807, 2.05) is 13.0 Å². The summed E-state index contributed by atoms with van der Waals surface area (Å²) in [7, 11) is -3.24. The van der Waals surface area contributed by atoms with Crippen LogP contribution in [0.15, 0.2) is 22.7 Å². The van der Waals surface area contributed by atoms with E-state index in [0.717, 1.165) is 10.9 Å². The molecule has 1 saturated heterocycles. The Balaban J connectivity index is 2.36. The number of hydrogen-bond donors (Lipinski definition) is 1. The number of benzene rings is 1. The molecule has 0 aromatic heterocycles. The summed E-state index contributed by atoms with van der Waals surface area (Å²) in [5, 5.41) is 9.80. The zero-order valence-electron chi connectivity index (χ0n) is 11.4. The van der Waals surface area contributed by atoms with Crippen LogP contribution in [-0.4, -0.2) is 31.1 Å². The van der Waals surface area contributed by atoms with Gasteiger partial charge in [-0.25, -0.2) is 8.42 Å². The summed E-state index contributed by atoms with van der Waals surface area (Å²) in [5.74, 6) is 0.705. The Labute approximate surface area is 128 Å². The highest BCUT2D eigenvalue weighted by Crippen LogP contribution is 2.36. The highest BCUT2D eigenvalue weighted by molar-refractivity contribution is 9.10. The Morgan fingerprint density at radius 3 is 2.85 bits per heavy atom. The van der Waals surface area contributed by atoms with E-state index in [9.17, 15) is 13.5 Å². The van der Waals surface area contributed by atoms with Crippen molar-refractivity contribution in [2.75, 3.05) is 12.4 Å². The average Bonchev–Trinajstić information content (AvgIpc) is 2.40. The molecule has 4 nitrogen and oxygen atoms in total. The number of ether oxygens (including phenoxy) is 1. The standard InChI is InChI=1S/C14H19BrO4S/c1-2-19-12-7-6-10(15)9-11(12)14(16)13-5-3-4-8-20(13,17)18/h6-7,9,13-14,16H,2-5,8H2,1H3. The first-order valence-corrected chi connectivity index (χ1v) is 9.28. The van der Waals surface area contributed by atoms with Crippen molar-refractivity contribution in [2.45, 2.75) is 37.5 Å². The van der Waals surface area contributed by atoms with Gasteiger partial charge in [-0.2, -0.15) is 0 Å². The Hall–Kier alpha value is -0.590. The average molecular weight is 363 g/mol. The van der Waals surface area contributed by atoms with Crippen LogP contribution in [0.4, 0.5) is 0 Å². The Kier molecular flexibility index (Phi) is 5.09. The molecular formula is C14H19BrO4S. The minimum absolute atomic E-state index is 0.159. The van der Waals surface area contributed by atoms with Gasteiger partial charge in [0.25, 0.3) is 0 Å². The molecule has 0 radical (unpaired) electrons.